The van der Waals surface area contributed by atoms with Gasteiger partial charge in [-0.15, -0.1) is 0 Å². The lowest BCUT2D eigenvalue weighted by Crippen LogP contribution is -2.45. The van der Waals surface area contributed by atoms with Gasteiger partial charge >= 0.3 is 10.2 Å². The lowest BCUT2D eigenvalue weighted by atomic mass is 10.0. The van der Waals surface area contributed by atoms with E-state index in [1.807, 2.05) is 18.2 Å². The summed E-state index contributed by atoms with van der Waals surface area (Å²) in [7, 11) is -1.86. The van der Waals surface area contributed by atoms with E-state index in [0.717, 1.165) is 18.4 Å². The second kappa shape index (κ2) is 6.11. The molecule has 1 saturated heterocycles. The lowest BCUT2D eigenvalue weighted by molar-refractivity contribution is 0.287. The quantitative estimate of drug-likeness (QED) is 0.917. The van der Waals surface area contributed by atoms with Crippen LogP contribution in [-0.2, 0) is 16.8 Å². The molecular weight excluding hydrogens is 274 g/mol. The third-order valence-corrected chi connectivity index (χ3v) is 5.87. The second-order valence-electron chi connectivity index (χ2n) is 5.39. The molecule has 0 saturated carbocycles. The number of rotatable bonds is 4. The molecule has 1 fully saturated rings. The van der Waals surface area contributed by atoms with Crippen molar-refractivity contribution in [2.75, 3.05) is 24.4 Å². The topological polar surface area (TPSA) is 66.6 Å². The van der Waals surface area contributed by atoms with E-state index >= 15 is 0 Å². The van der Waals surface area contributed by atoms with E-state index in [9.17, 15) is 8.42 Å². The van der Waals surface area contributed by atoms with Gasteiger partial charge < -0.3 is 5.73 Å². The molecule has 112 valence electrons. The maximum absolute atomic E-state index is 12.7. The Kier molecular flexibility index (Phi) is 4.67. The number of nitrogens with zero attached hydrogens (tertiary/aromatic N) is 2. The summed E-state index contributed by atoms with van der Waals surface area (Å²) in [5, 5.41) is 0. The number of anilines is 1. The fourth-order valence-electron chi connectivity index (χ4n) is 2.50. The van der Waals surface area contributed by atoms with Gasteiger partial charge in [-0.05, 0) is 30.4 Å². The molecule has 0 radical (unpaired) electrons. The first-order valence-corrected chi connectivity index (χ1v) is 8.38. The number of benzene rings is 1. The molecule has 1 heterocycles. The molecule has 0 spiro atoms. The SMILES string of the molecule is CC1CCN(S(=O)(=O)N(C)c2ccccc2CN)CC1. The van der Waals surface area contributed by atoms with E-state index in [2.05, 4.69) is 6.92 Å². The molecule has 0 atom stereocenters. The van der Waals surface area contributed by atoms with Gasteiger partial charge in [0.05, 0.1) is 5.69 Å². The molecular formula is C14H23N3O2S. The van der Waals surface area contributed by atoms with Crippen molar-refractivity contribution >= 4 is 15.9 Å². The molecule has 0 aromatic heterocycles. The van der Waals surface area contributed by atoms with E-state index in [4.69, 9.17) is 5.73 Å². The summed E-state index contributed by atoms with van der Waals surface area (Å²) in [5.41, 5.74) is 7.19. The van der Waals surface area contributed by atoms with Gasteiger partial charge in [0, 0.05) is 26.7 Å². The molecule has 1 aliphatic heterocycles. The highest BCUT2D eigenvalue weighted by molar-refractivity contribution is 7.90. The van der Waals surface area contributed by atoms with Crippen LogP contribution in [0.15, 0.2) is 24.3 Å². The molecule has 20 heavy (non-hydrogen) atoms. The average molecular weight is 297 g/mol. The van der Waals surface area contributed by atoms with Crippen molar-refractivity contribution in [2.24, 2.45) is 11.7 Å². The molecule has 1 aromatic rings. The van der Waals surface area contributed by atoms with Crippen molar-refractivity contribution in [2.45, 2.75) is 26.3 Å². The minimum absolute atomic E-state index is 0.326. The molecule has 2 N–H and O–H groups in total. The van der Waals surface area contributed by atoms with E-state index in [1.54, 1.807) is 17.4 Å². The Balaban J connectivity index is 2.25. The first-order valence-electron chi connectivity index (χ1n) is 6.98. The van der Waals surface area contributed by atoms with E-state index < -0.39 is 10.2 Å². The normalized spacial score (nSPS) is 18.1. The smallest absolute Gasteiger partial charge is 0.303 e. The standard InChI is InChI=1S/C14H23N3O2S/c1-12-7-9-17(10-8-12)20(18,19)16(2)14-6-4-3-5-13(14)11-15/h3-6,12H,7-11,15H2,1-2H3. The first-order chi connectivity index (χ1) is 9.46. The van der Waals surface area contributed by atoms with Gasteiger partial charge in [-0.2, -0.15) is 12.7 Å². The van der Waals surface area contributed by atoms with Crippen molar-refractivity contribution in [3.05, 3.63) is 29.8 Å². The number of hydrogen-bond donors (Lipinski definition) is 1. The van der Waals surface area contributed by atoms with Crippen LogP contribution in [0.2, 0.25) is 0 Å². The van der Waals surface area contributed by atoms with Gasteiger partial charge in [0.2, 0.25) is 0 Å². The van der Waals surface area contributed by atoms with Crippen molar-refractivity contribution < 1.29 is 8.42 Å². The summed E-state index contributed by atoms with van der Waals surface area (Å²) in [4.78, 5) is 0. The Labute approximate surface area is 121 Å². The van der Waals surface area contributed by atoms with Gasteiger partial charge in [-0.3, -0.25) is 4.31 Å². The highest BCUT2D eigenvalue weighted by Crippen LogP contribution is 2.26. The van der Waals surface area contributed by atoms with Crippen molar-refractivity contribution in [3.8, 4) is 0 Å². The second-order valence-corrected chi connectivity index (χ2v) is 7.35. The van der Waals surface area contributed by atoms with Gasteiger partial charge in [-0.1, -0.05) is 25.1 Å². The van der Waals surface area contributed by atoms with Crippen molar-refractivity contribution in [1.82, 2.24) is 4.31 Å². The molecule has 1 aromatic carbocycles. The van der Waals surface area contributed by atoms with Crippen LogP contribution in [0.1, 0.15) is 25.3 Å². The maximum Gasteiger partial charge on any atom is 0.303 e. The number of nitrogens with two attached hydrogens (primary N) is 1. The Morgan fingerprint density at radius 2 is 1.90 bits per heavy atom. The van der Waals surface area contributed by atoms with E-state index in [0.29, 0.717) is 31.2 Å². The third-order valence-electron chi connectivity index (χ3n) is 3.97. The zero-order valence-corrected chi connectivity index (χ0v) is 12.9. The van der Waals surface area contributed by atoms with Crippen LogP contribution in [0.3, 0.4) is 0 Å². The summed E-state index contributed by atoms with van der Waals surface area (Å²) in [5.74, 6) is 0.600. The lowest BCUT2D eigenvalue weighted by Gasteiger charge is -2.33. The summed E-state index contributed by atoms with van der Waals surface area (Å²) < 4.78 is 28.3. The minimum Gasteiger partial charge on any atom is -0.326 e. The Morgan fingerprint density at radius 1 is 1.30 bits per heavy atom. The Morgan fingerprint density at radius 3 is 2.50 bits per heavy atom. The molecule has 0 amide bonds. The minimum atomic E-state index is -3.46. The predicted octanol–water partition coefficient (Wildman–Crippen LogP) is 1.56. The van der Waals surface area contributed by atoms with Crippen LogP contribution in [0.4, 0.5) is 5.69 Å². The zero-order chi connectivity index (χ0) is 14.8. The number of para-hydroxylation sites is 1. The molecule has 0 unspecified atom stereocenters. The summed E-state index contributed by atoms with van der Waals surface area (Å²) >= 11 is 0. The Hall–Kier alpha value is -1.11. The summed E-state index contributed by atoms with van der Waals surface area (Å²) in [6.07, 6.45) is 1.84. The van der Waals surface area contributed by atoms with Gasteiger partial charge in [0.25, 0.3) is 0 Å². The average Bonchev–Trinajstić information content (AvgIpc) is 2.46. The van der Waals surface area contributed by atoms with E-state index in [1.165, 1.54) is 4.31 Å². The number of piperidine rings is 1. The molecule has 0 aliphatic carbocycles. The molecule has 0 bridgehead atoms. The highest BCUT2D eigenvalue weighted by atomic mass is 32.2. The van der Waals surface area contributed by atoms with Crippen LogP contribution in [0.25, 0.3) is 0 Å². The molecule has 6 heteroatoms. The fraction of sp³-hybridized carbons (Fsp3) is 0.571. The third kappa shape index (κ3) is 2.97. The van der Waals surface area contributed by atoms with Crippen LogP contribution in [0, 0.1) is 5.92 Å². The van der Waals surface area contributed by atoms with Crippen molar-refractivity contribution in [3.63, 3.8) is 0 Å². The van der Waals surface area contributed by atoms with Crippen molar-refractivity contribution in [1.29, 1.82) is 0 Å². The van der Waals surface area contributed by atoms with E-state index in [-0.39, 0.29) is 0 Å². The van der Waals surface area contributed by atoms with Crippen LogP contribution >= 0.6 is 0 Å². The Bertz CT molecular complexity index is 551. The highest BCUT2D eigenvalue weighted by Gasteiger charge is 2.30. The maximum atomic E-state index is 12.7. The fourth-order valence-corrected chi connectivity index (χ4v) is 3.95. The molecule has 1 aliphatic rings. The molecule has 2 rings (SSSR count). The monoisotopic (exact) mass is 297 g/mol. The first kappa shape index (κ1) is 15.3. The van der Waals surface area contributed by atoms with Crippen LogP contribution in [-0.4, -0.2) is 32.9 Å². The largest absolute Gasteiger partial charge is 0.326 e. The summed E-state index contributed by atoms with van der Waals surface area (Å²) in [6.45, 7) is 3.68. The zero-order valence-electron chi connectivity index (χ0n) is 12.1. The predicted molar refractivity (Wildman–Crippen MR) is 81.6 cm³/mol. The molecule has 5 nitrogen and oxygen atoms in total. The van der Waals surface area contributed by atoms with Gasteiger partial charge in [-0.25, -0.2) is 0 Å². The van der Waals surface area contributed by atoms with Crippen LogP contribution in [0.5, 0.6) is 0 Å². The summed E-state index contributed by atoms with van der Waals surface area (Å²) in [6, 6.07) is 7.36. The van der Waals surface area contributed by atoms with Crippen LogP contribution < -0.4 is 10.0 Å². The van der Waals surface area contributed by atoms with Gasteiger partial charge in [0.1, 0.15) is 0 Å². The van der Waals surface area contributed by atoms with Gasteiger partial charge in [0.15, 0.2) is 0 Å². The number of hydrogen-bond acceptors (Lipinski definition) is 3.